The van der Waals surface area contributed by atoms with Crippen LogP contribution in [0.4, 0.5) is 8.78 Å². The zero-order chi connectivity index (χ0) is 27.8. The fourth-order valence-electron chi connectivity index (χ4n) is 5.63. The van der Waals surface area contributed by atoms with Crippen molar-refractivity contribution < 1.29 is 23.5 Å². The number of aliphatic carboxylic acids is 1. The van der Waals surface area contributed by atoms with Gasteiger partial charge >= 0.3 is 5.97 Å². The number of benzene rings is 1. The van der Waals surface area contributed by atoms with Crippen LogP contribution in [0.1, 0.15) is 44.9 Å². The first-order chi connectivity index (χ1) is 17.8. The van der Waals surface area contributed by atoms with Crippen molar-refractivity contribution >= 4 is 23.5 Å². The lowest BCUT2D eigenvalue weighted by Crippen LogP contribution is -2.59. The van der Waals surface area contributed by atoms with Crippen LogP contribution in [-0.4, -0.2) is 87.0 Å². The summed E-state index contributed by atoms with van der Waals surface area (Å²) >= 11 is 5.91. The van der Waals surface area contributed by atoms with Crippen molar-refractivity contribution in [2.45, 2.75) is 57.7 Å². The van der Waals surface area contributed by atoms with E-state index in [0.717, 1.165) is 6.07 Å². The molecule has 1 amide bonds. The first kappa shape index (κ1) is 28.4. The Morgan fingerprint density at radius 3 is 2.45 bits per heavy atom. The van der Waals surface area contributed by atoms with Gasteiger partial charge in [-0.05, 0) is 51.5 Å². The zero-order valence-corrected chi connectivity index (χ0v) is 23.0. The Hall–Kier alpha value is -2.62. The zero-order valence-electron chi connectivity index (χ0n) is 22.2. The smallest absolute Gasteiger partial charge is 0.321 e. The van der Waals surface area contributed by atoms with E-state index in [1.165, 1.54) is 18.3 Å². The summed E-state index contributed by atoms with van der Waals surface area (Å²) in [4.78, 5) is 36.1. The maximum Gasteiger partial charge on any atom is 0.321 e. The first-order valence-electron chi connectivity index (χ1n) is 12.9. The molecule has 3 heterocycles. The SMILES string of the molecule is C[C@H]1CN([C@@H](Cc2ccc(Cl)cn2)C(=O)O)CCN1C(=O)[C@@H]1CN(C(C)(C)C)C[C@H]1c1ccc(F)cc1F. The first-order valence-corrected chi connectivity index (χ1v) is 13.3. The van der Waals surface area contributed by atoms with Crippen LogP contribution in [0, 0.1) is 17.6 Å². The van der Waals surface area contributed by atoms with Crippen LogP contribution < -0.4 is 0 Å². The van der Waals surface area contributed by atoms with Crippen LogP contribution in [0.25, 0.3) is 0 Å². The highest BCUT2D eigenvalue weighted by Crippen LogP contribution is 2.39. The molecule has 2 fully saturated rings. The number of carbonyl (C=O) groups excluding carboxylic acids is 1. The Morgan fingerprint density at radius 1 is 1.13 bits per heavy atom. The number of carboxylic acid groups (broad SMARTS) is 1. The highest BCUT2D eigenvalue weighted by molar-refractivity contribution is 6.30. The van der Waals surface area contributed by atoms with Crippen molar-refractivity contribution in [3.05, 3.63) is 64.4 Å². The summed E-state index contributed by atoms with van der Waals surface area (Å²) in [6, 6.07) is 5.95. The van der Waals surface area contributed by atoms with E-state index in [9.17, 15) is 23.5 Å². The van der Waals surface area contributed by atoms with Gasteiger partial charge in [-0.15, -0.1) is 0 Å². The summed E-state index contributed by atoms with van der Waals surface area (Å²) in [5.41, 5.74) is 0.757. The molecule has 1 aromatic carbocycles. The molecule has 2 aliphatic heterocycles. The molecule has 7 nitrogen and oxygen atoms in total. The number of likely N-dealkylation sites (tertiary alicyclic amines) is 1. The molecule has 206 valence electrons. The standard InChI is InChI=1S/C28H35ClF2N4O3/c1-17-14-33(25(27(37)38)12-20-7-5-18(29)13-32-20)9-10-35(17)26(36)23-16-34(28(2,3)4)15-22(23)21-8-6-19(30)11-24(21)31/h5-8,11,13,17,22-23,25H,9-10,12,14-16H2,1-4H3,(H,37,38)/t17-,22-,23+,25-/m0/s1. The van der Waals surface area contributed by atoms with Gasteiger partial charge in [0.05, 0.1) is 10.9 Å². The summed E-state index contributed by atoms with van der Waals surface area (Å²) in [5, 5.41) is 10.4. The van der Waals surface area contributed by atoms with Crippen molar-refractivity contribution in [2.75, 3.05) is 32.7 Å². The monoisotopic (exact) mass is 548 g/mol. The molecule has 1 aromatic heterocycles. The lowest BCUT2D eigenvalue weighted by atomic mass is 9.87. The van der Waals surface area contributed by atoms with E-state index in [1.807, 2.05) is 11.8 Å². The third kappa shape index (κ3) is 6.16. The molecule has 2 saturated heterocycles. The van der Waals surface area contributed by atoms with Gasteiger partial charge in [-0.2, -0.15) is 0 Å². The number of hydrogen-bond donors (Lipinski definition) is 1. The van der Waals surface area contributed by atoms with Crippen molar-refractivity contribution in [1.29, 1.82) is 0 Å². The lowest BCUT2D eigenvalue weighted by Gasteiger charge is -2.43. The average Bonchev–Trinajstić information content (AvgIpc) is 3.29. The van der Waals surface area contributed by atoms with E-state index in [1.54, 1.807) is 17.0 Å². The minimum atomic E-state index is -0.947. The average molecular weight is 549 g/mol. The fraction of sp³-hybridized carbons (Fsp3) is 0.536. The highest BCUT2D eigenvalue weighted by Gasteiger charge is 2.46. The van der Waals surface area contributed by atoms with Gasteiger partial charge in [0, 0.05) is 74.6 Å². The van der Waals surface area contributed by atoms with Gasteiger partial charge in [0.25, 0.3) is 0 Å². The molecular formula is C28H35ClF2N4O3. The number of pyridine rings is 1. The fourth-order valence-corrected chi connectivity index (χ4v) is 5.74. The number of aromatic nitrogens is 1. The number of amides is 1. The predicted octanol–water partition coefficient (Wildman–Crippen LogP) is 4.06. The largest absolute Gasteiger partial charge is 0.480 e. The Morgan fingerprint density at radius 2 is 1.87 bits per heavy atom. The molecule has 4 atom stereocenters. The van der Waals surface area contributed by atoms with Gasteiger partial charge in [-0.3, -0.25) is 24.4 Å². The Bertz CT molecular complexity index is 1170. The van der Waals surface area contributed by atoms with Crippen molar-refractivity contribution in [3.8, 4) is 0 Å². The third-order valence-corrected chi connectivity index (χ3v) is 8.03. The summed E-state index contributed by atoms with van der Waals surface area (Å²) in [5.74, 6) is -3.21. The minimum Gasteiger partial charge on any atom is -0.480 e. The summed E-state index contributed by atoms with van der Waals surface area (Å²) in [6.07, 6.45) is 1.72. The molecule has 0 unspecified atom stereocenters. The molecule has 10 heteroatoms. The summed E-state index contributed by atoms with van der Waals surface area (Å²) in [7, 11) is 0. The van der Waals surface area contributed by atoms with Crippen molar-refractivity contribution in [2.24, 2.45) is 5.92 Å². The molecule has 0 radical (unpaired) electrons. The normalized spacial score (nSPS) is 24.0. The molecule has 0 spiro atoms. The van der Waals surface area contributed by atoms with Crippen LogP contribution in [0.5, 0.6) is 0 Å². The minimum absolute atomic E-state index is 0.0798. The number of carboxylic acids is 1. The predicted molar refractivity (Wildman–Crippen MR) is 141 cm³/mol. The third-order valence-electron chi connectivity index (χ3n) is 7.81. The Labute approximate surface area is 227 Å². The second kappa shape index (κ2) is 11.2. The molecule has 0 bridgehead atoms. The quantitative estimate of drug-likeness (QED) is 0.587. The van der Waals surface area contributed by atoms with E-state index < -0.39 is 35.5 Å². The second-order valence-corrected chi connectivity index (χ2v) is 11.8. The van der Waals surface area contributed by atoms with Gasteiger partial charge < -0.3 is 10.0 Å². The summed E-state index contributed by atoms with van der Waals surface area (Å²) in [6.45, 7) is 10.2. The maximum atomic E-state index is 14.8. The summed E-state index contributed by atoms with van der Waals surface area (Å²) < 4.78 is 28.5. The molecule has 2 aliphatic rings. The van der Waals surface area contributed by atoms with Crippen molar-refractivity contribution in [3.63, 3.8) is 0 Å². The lowest BCUT2D eigenvalue weighted by molar-refractivity contribution is -0.147. The van der Waals surface area contributed by atoms with Crippen LogP contribution in [0.2, 0.25) is 5.02 Å². The van der Waals surface area contributed by atoms with E-state index in [-0.39, 0.29) is 23.9 Å². The van der Waals surface area contributed by atoms with Gasteiger partial charge in [-0.25, -0.2) is 8.78 Å². The number of nitrogens with zero attached hydrogens (tertiary/aromatic N) is 4. The highest BCUT2D eigenvalue weighted by atomic mass is 35.5. The van der Waals surface area contributed by atoms with Crippen LogP contribution in [0.15, 0.2) is 36.5 Å². The number of hydrogen-bond acceptors (Lipinski definition) is 5. The number of halogens is 3. The van der Waals surface area contributed by atoms with Gasteiger partial charge in [0.15, 0.2) is 0 Å². The second-order valence-electron chi connectivity index (χ2n) is 11.4. The number of piperazine rings is 1. The number of rotatable bonds is 6. The molecule has 0 aliphatic carbocycles. The van der Waals surface area contributed by atoms with Gasteiger partial charge in [0.1, 0.15) is 17.7 Å². The molecule has 4 rings (SSSR count). The molecule has 0 saturated carbocycles. The Balaban J connectivity index is 1.51. The van der Waals surface area contributed by atoms with Gasteiger partial charge in [0.2, 0.25) is 5.91 Å². The van der Waals surface area contributed by atoms with E-state index >= 15 is 0 Å². The van der Waals surface area contributed by atoms with Crippen LogP contribution in [0.3, 0.4) is 0 Å². The van der Waals surface area contributed by atoms with E-state index in [4.69, 9.17) is 11.6 Å². The molecule has 38 heavy (non-hydrogen) atoms. The molecular weight excluding hydrogens is 514 g/mol. The van der Waals surface area contributed by atoms with Crippen molar-refractivity contribution in [1.82, 2.24) is 19.7 Å². The Kier molecular flexibility index (Phi) is 8.40. The van der Waals surface area contributed by atoms with Crippen LogP contribution >= 0.6 is 11.6 Å². The van der Waals surface area contributed by atoms with E-state index in [2.05, 4.69) is 30.7 Å². The molecule has 1 N–H and O–H groups in total. The van der Waals surface area contributed by atoms with Gasteiger partial charge in [-0.1, -0.05) is 17.7 Å². The van der Waals surface area contributed by atoms with Crippen LogP contribution in [-0.2, 0) is 16.0 Å². The molecule has 2 aromatic rings. The topological polar surface area (TPSA) is 77.0 Å². The maximum absolute atomic E-state index is 14.8. The number of carbonyl (C=O) groups is 2. The van der Waals surface area contributed by atoms with E-state index in [0.29, 0.717) is 49.0 Å².